The average Bonchev–Trinajstić information content (AvgIpc) is 2.69. The van der Waals surface area contributed by atoms with Gasteiger partial charge in [0.25, 0.3) is 0 Å². The van der Waals surface area contributed by atoms with Crippen LogP contribution in [0, 0.1) is 11.8 Å². The first-order valence-electron chi connectivity index (χ1n) is 7.96. The van der Waals surface area contributed by atoms with E-state index in [4.69, 9.17) is 15.2 Å². The second kappa shape index (κ2) is 6.41. The Kier molecular flexibility index (Phi) is 4.58. The maximum absolute atomic E-state index is 12.2. The molecule has 20 heavy (non-hydrogen) atoms. The lowest BCUT2D eigenvalue weighted by atomic mass is 9.93. The lowest BCUT2D eigenvalue weighted by molar-refractivity contribution is -0.140. The summed E-state index contributed by atoms with van der Waals surface area (Å²) in [7, 11) is 0. The summed E-state index contributed by atoms with van der Waals surface area (Å²) in [4.78, 5) is 14.1. The molecule has 2 bridgehead atoms. The van der Waals surface area contributed by atoms with Crippen LogP contribution in [0.3, 0.4) is 0 Å². The third kappa shape index (κ3) is 3.15. The molecule has 1 aliphatic carbocycles. The molecule has 2 N–H and O–H groups in total. The number of nitrogens with zero attached hydrogens (tertiary/aromatic N) is 1. The lowest BCUT2D eigenvalue weighted by Gasteiger charge is -2.36. The van der Waals surface area contributed by atoms with Gasteiger partial charge in [-0.2, -0.15) is 0 Å². The van der Waals surface area contributed by atoms with Crippen molar-refractivity contribution in [3.05, 3.63) is 0 Å². The van der Waals surface area contributed by atoms with Gasteiger partial charge in [-0.1, -0.05) is 0 Å². The summed E-state index contributed by atoms with van der Waals surface area (Å²) in [5, 5.41) is 0. The Hall–Kier alpha value is -0.650. The summed E-state index contributed by atoms with van der Waals surface area (Å²) in [6, 6.07) is 0.301. The van der Waals surface area contributed by atoms with Gasteiger partial charge in [0, 0.05) is 25.7 Å². The highest BCUT2D eigenvalue weighted by Crippen LogP contribution is 2.35. The summed E-state index contributed by atoms with van der Waals surface area (Å²) < 4.78 is 11.2. The molecule has 5 heteroatoms. The zero-order valence-corrected chi connectivity index (χ0v) is 12.1. The minimum atomic E-state index is 0.115. The van der Waals surface area contributed by atoms with Gasteiger partial charge in [-0.3, -0.25) is 4.79 Å². The highest BCUT2D eigenvalue weighted by atomic mass is 16.5. The largest absolute Gasteiger partial charge is 0.376 e. The number of piperidine rings is 1. The van der Waals surface area contributed by atoms with Gasteiger partial charge in [0.1, 0.15) is 6.61 Å². The minimum Gasteiger partial charge on any atom is -0.376 e. The fraction of sp³-hybridized carbons (Fsp3) is 0.933. The predicted molar refractivity (Wildman–Crippen MR) is 75.2 cm³/mol. The van der Waals surface area contributed by atoms with Crippen LogP contribution in [0.25, 0.3) is 0 Å². The number of hydrogen-bond acceptors (Lipinski definition) is 4. The Balaban J connectivity index is 1.39. The fourth-order valence-electron chi connectivity index (χ4n) is 3.78. The zero-order chi connectivity index (χ0) is 13.9. The van der Waals surface area contributed by atoms with E-state index in [1.54, 1.807) is 0 Å². The smallest absolute Gasteiger partial charge is 0.248 e. The number of amides is 1. The number of hydrogen-bond donors (Lipinski definition) is 1. The molecular formula is C15H26N2O3. The van der Waals surface area contributed by atoms with Gasteiger partial charge in [-0.05, 0) is 43.9 Å². The van der Waals surface area contributed by atoms with E-state index in [1.807, 2.05) is 4.90 Å². The number of rotatable bonds is 4. The highest BCUT2D eigenvalue weighted by Gasteiger charge is 2.41. The number of likely N-dealkylation sites (tertiary alicyclic amines) is 1. The van der Waals surface area contributed by atoms with Gasteiger partial charge in [0.05, 0.1) is 12.7 Å². The monoisotopic (exact) mass is 282 g/mol. The molecule has 3 fully saturated rings. The summed E-state index contributed by atoms with van der Waals surface area (Å²) >= 11 is 0. The molecule has 0 aromatic rings. The van der Waals surface area contributed by atoms with Crippen LogP contribution < -0.4 is 5.73 Å². The van der Waals surface area contributed by atoms with Crippen LogP contribution in [0.1, 0.15) is 32.1 Å². The van der Waals surface area contributed by atoms with E-state index in [0.717, 1.165) is 32.5 Å². The van der Waals surface area contributed by atoms with E-state index in [1.165, 1.54) is 19.3 Å². The van der Waals surface area contributed by atoms with Crippen LogP contribution in [-0.2, 0) is 14.3 Å². The Bertz CT molecular complexity index is 330. The average molecular weight is 282 g/mol. The van der Waals surface area contributed by atoms with Crippen molar-refractivity contribution in [2.24, 2.45) is 17.6 Å². The van der Waals surface area contributed by atoms with Crippen molar-refractivity contribution in [1.82, 2.24) is 4.90 Å². The molecule has 3 aliphatic rings. The maximum Gasteiger partial charge on any atom is 0.248 e. The van der Waals surface area contributed by atoms with Gasteiger partial charge in [0.15, 0.2) is 0 Å². The predicted octanol–water partition coefficient (Wildman–Crippen LogP) is 0.768. The molecule has 3 rings (SSSR count). The van der Waals surface area contributed by atoms with Crippen molar-refractivity contribution in [3.8, 4) is 0 Å². The van der Waals surface area contributed by atoms with Crippen LogP contribution in [-0.4, -0.2) is 55.9 Å². The standard InChI is InChI=1S/C15H26N2O3/c16-15-11-4-5-12(15)8-17(7-11)14(18)10-19-9-13-3-1-2-6-20-13/h11-13,15H,1-10,16H2/t11-,12+,13-,15?/m0/s1. The van der Waals surface area contributed by atoms with Gasteiger partial charge in [-0.15, -0.1) is 0 Å². The molecule has 1 amide bonds. The van der Waals surface area contributed by atoms with Gasteiger partial charge in [0.2, 0.25) is 5.91 Å². The van der Waals surface area contributed by atoms with Crippen molar-refractivity contribution in [1.29, 1.82) is 0 Å². The molecule has 4 atom stereocenters. The number of carbonyl (C=O) groups is 1. The van der Waals surface area contributed by atoms with Crippen LogP contribution in [0.15, 0.2) is 0 Å². The van der Waals surface area contributed by atoms with Gasteiger partial charge < -0.3 is 20.1 Å². The van der Waals surface area contributed by atoms with Crippen molar-refractivity contribution < 1.29 is 14.3 Å². The van der Waals surface area contributed by atoms with Gasteiger partial charge in [-0.25, -0.2) is 0 Å². The molecule has 0 aromatic heterocycles. The fourth-order valence-corrected chi connectivity index (χ4v) is 3.78. The first kappa shape index (κ1) is 14.3. The summed E-state index contributed by atoms with van der Waals surface area (Å²) in [6.45, 7) is 3.20. The number of nitrogens with two attached hydrogens (primary N) is 1. The Morgan fingerprint density at radius 1 is 1.20 bits per heavy atom. The summed E-state index contributed by atoms with van der Waals surface area (Å²) in [5.41, 5.74) is 6.16. The Morgan fingerprint density at radius 2 is 1.95 bits per heavy atom. The van der Waals surface area contributed by atoms with E-state index in [0.29, 0.717) is 24.5 Å². The Morgan fingerprint density at radius 3 is 2.60 bits per heavy atom. The SMILES string of the molecule is NC1[C@@H]2CC[C@H]1CN(C(=O)COC[C@@H]1CCCCO1)C2. The number of carbonyl (C=O) groups excluding carboxylic acids is 1. The Labute approximate surface area is 120 Å². The normalized spacial score (nSPS) is 37.1. The molecule has 0 aromatic carbocycles. The first-order chi connectivity index (χ1) is 9.74. The molecule has 2 saturated heterocycles. The van der Waals surface area contributed by atoms with E-state index >= 15 is 0 Å². The number of fused-ring (bicyclic) bond motifs is 2. The second-order valence-electron chi connectivity index (χ2n) is 6.48. The van der Waals surface area contributed by atoms with E-state index in [2.05, 4.69) is 0 Å². The highest BCUT2D eigenvalue weighted by molar-refractivity contribution is 5.77. The third-order valence-corrected chi connectivity index (χ3v) is 5.06. The minimum absolute atomic E-state index is 0.115. The number of ether oxygens (including phenoxy) is 2. The van der Waals surface area contributed by atoms with E-state index < -0.39 is 0 Å². The molecule has 0 radical (unpaired) electrons. The van der Waals surface area contributed by atoms with E-state index in [9.17, 15) is 4.79 Å². The molecule has 1 unspecified atom stereocenters. The quantitative estimate of drug-likeness (QED) is 0.827. The van der Waals surface area contributed by atoms with Crippen molar-refractivity contribution in [3.63, 3.8) is 0 Å². The van der Waals surface area contributed by atoms with Crippen LogP contribution in [0.5, 0.6) is 0 Å². The van der Waals surface area contributed by atoms with Crippen LogP contribution >= 0.6 is 0 Å². The van der Waals surface area contributed by atoms with Crippen molar-refractivity contribution in [2.45, 2.75) is 44.2 Å². The van der Waals surface area contributed by atoms with Crippen LogP contribution in [0.2, 0.25) is 0 Å². The molecule has 1 saturated carbocycles. The van der Waals surface area contributed by atoms with Crippen LogP contribution in [0.4, 0.5) is 0 Å². The molecule has 2 heterocycles. The summed E-state index contributed by atoms with van der Waals surface area (Å²) in [5.74, 6) is 1.11. The molecule has 0 spiro atoms. The molecular weight excluding hydrogens is 256 g/mol. The maximum atomic E-state index is 12.2. The zero-order valence-electron chi connectivity index (χ0n) is 12.1. The summed E-state index contributed by atoms with van der Waals surface area (Å²) in [6.07, 6.45) is 5.93. The molecule has 5 nitrogen and oxygen atoms in total. The second-order valence-corrected chi connectivity index (χ2v) is 6.48. The third-order valence-electron chi connectivity index (χ3n) is 5.06. The topological polar surface area (TPSA) is 64.8 Å². The molecule has 114 valence electrons. The van der Waals surface area contributed by atoms with E-state index in [-0.39, 0.29) is 18.6 Å². The van der Waals surface area contributed by atoms with Crippen molar-refractivity contribution >= 4 is 5.91 Å². The van der Waals surface area contributed by atoms with Gasteiger partial charge >= 0.3 is 0 Å². The molecule has 2 aliphatic heterocycles. The van der Waals surface area contributed by atoms with Crippen molar-refractivity contribution in [2.75, 3.05) is 32.9 Å². The lowest BCUT2D eigenvalue weighted by Crippen LogP contribution is -2.51. The first-order valence-corrected chi connectivity index (χ1v) is 7.96.